The Morgan fingerprint density at radius 3 is 2.50 bits per heavy atom. The lowest BCUT2D eigenvalue weighted by Gasteiger charge is -2.35. The van der Waals surface area contributed by atoms with E-state index in [0.717, 1.165) is 30.6 Å². The Hall–Kier alpha value is -2.47. The van der Waals surface area contributed by atoms with Gasteiger partial charge in [-0.15, -0.1) is 0 Å². The third-order valence-corrected chi connectivity index (χ3v) is 4.72. The van der Waals surface area contributed by atoms with E-state index < -0.39 is 0 Å². The van der Waals surface area contributed by atoms with Crippen molar-refractivity contribution < 1.29 is 13.9 Å². The van der Waals surface area contributed by atoms with Crippen LogP contribution in [-0.2, 0) is 17.8 Å². The molecular formula is C20H24FN3O2. The van der Waals surface area contributed by atoms with Crippen molar-refractivity contribution in [2.45, 2.75) is 19.4 Å². The largest absolute Gasteiger partial charge is 0.494 e. The van der Waals surface area contributed by atoms with Crippen molar-refractivity contribution in [2.24, 2.45) is 0 Å². The molecule has 3 rings (SSSR count). The fourth-order valence-corrected chi connectivity index (χ4v) is 3.18. The zero-order valence-corrected chi connectivity index (χ0v) is 15.0. The molecule has 2 heterocycles. The number of aromatic nitrogens is 1. The van der Waals surface area contributed by atoms with Crippen LogP contribution in [0.1, 0.15) is 17.5 Å². The highest BCUT2D eigenvalue weighted by atomic mass is 19.1. The molecule has 1 aromatic heterocycles. The highest BCUT2D eigenvalue weighted by molar-refractivity contribution is 5.76. The predicted molar refractivity (Wildman–Crippen MR) is 97.4 cm³/mol. The monoisotopic (exact) mass is 357 g/mol. The molecule has 0 aliphatic carbocycles. The Morgan fingerprint density at radius 1 is 1.12 bits per heavy atom. The van der Waals surface area contributed by atoms with Crippen LogP contribution in [0.5, 0.6) is 5.75 Å². The van der Waals surface area contributed by atoms with Gasteiger partial charge in [0.15, 0.2) is 11.6 Å². The second kappa shape index (κ2) is 8.76. The normalized spacial score (nSPS) is 15.1. The highest BCUT2D eigenvalue weighted by Gasteiger charge is 2.21. The maximum absolute atomic E-state index is 13.8. The lowest BCUT2D eigenvalue weighted by atomic mass is 10.1. The van der Waals surface area contributed by atoms with E-state index in [2.05, 4.69) is 9.88 Å². The van der Waals surface area contributed by atoms with E-state index in [4.69, 9.17) is 4.74 Å². The van der Waals surface area contributed by atoms with Gasteiger partial charge in [0, 0.05) is 51.5 Å². The quantitative estimate of drug-likeness (QED) is 0.797. The summed E-state index contributed by atoms with van der Waals surface area (Å²) in [6, 6.07) is 8.95. The number of pyridine rings is 1. The second-order valence-corrected chi connectivity index (χ2v) is 6.48. The summed E-state index contributed by atoms with van der Waals surface area (Å²) in [5, 5.41) is 0. The average Bonchev–Trinajstić information content (AvgIpc) is 2.68. The minimum atomic E-state index is -0.338. The third-order valence-electron chi connectivity index (χ3n) is 4.72. The number of nitrogens with zero attached hydrogens (tertiary/aromatic N) is 3. The van der Waals surface area contributed by atoms with E-state index in [1.54, 1.807) is 18.5 Å². The fourth-order valence-electron chi connectivity index (χ4n) is 3.18. The molecular weight excluding hydrogens is 333 g/mol. The highest BCUT2D eigenvalue weighted by Crippen LogP contribution is 2.19. The van der Waals surface area contributed by atoms with Crippen LogP contribution in [0.15, 0.2) is 42.7 Å². The first-order chi connectivity index (χ1) is 12.7. The maximum atomic E-state index is 13.8. The molecule has 2 aromatic rings. The first kappa shape index (κ1) is 18.3. The van der Waals surface area contributed by atoms with Gasteiger partial charge in [0.2, 0.25) is 5.91 Å². The number of aryl methyl sites for hydroxylation is 1. The third kappa shape index (κ3) is 4.79. The lowest BCUT2D eigenvalue weighted by Crippen LogP contribution is -2.48. The number of carbonyl (C=O) groups is 1. The topological polar surface area (TPSA) is 45.7 Å². The molecule has 1 fully saturated rings. The van der Waals surface area contributed by atoms with E-state index in [0.29, 0.717) is 26.1 Å². The average molecular weight is 357 g/mol. The Labute approximate surface area is 153 Å². The van der Waals surface area contributed by atoms with Gasteiger partial charge < -0.3 is 9.64 Å². The first-order valence-electron chi connectivity index (χ1n) is 8.87. The van der Waals surface area contributed by atoms with Crippen LogP contribution in [0, 0.1) is 5.82 Å². The fraction of sp³-hybridized carbons (Fsp3) is 0.400. The molecule has 0 saturated carbocycles. The second-order valence-electron chi connectivity index (χ2n) is 6.48. The number of rotatable bonds is 6. The van der Waals surface area contributed by atoms with Gasteiger partial charge in [-0.25, -0.2) is 4.39 Å². The Bertz CT molecular complexity index is 731. The van der Waals surface area contributed by atoms with Gasteiger partial charge in [-0.2, -0.15) is 0 Å². The van der Waals surface area contributed by atoms with Gasteiger partial charge in [0.25, 0.3) is 0 Å². The van der Waals surface area contributed by atoms with Crippen LogP contribution in [0.2, 0.25) is 0 Å². The molecule has 1 aliphatic heterocycles. The van der Waals surface area contributed by atoms with E-state index in [1.165, 1.54) is 13.2 Å². The summed E-state index contributed by atoms with van der Waals surface area (Å²) >= 11 is 0. The molecule has 1 aliphatic rings. The number of methoxy groups -OCH3 is 1. The molecule has 6 heteroatoms. The number of amides is 1. The summed E-state index contributed by atoms with van der Waals surface area (Å²) in [7, 11) is 1.46. The summed E-state index contributed by atoms with van der Waals surface area (Å²) in [5.74, 6) is 0.116. The van der Waals surface area contributed by atoms with E-state index in [-0.39, 0.29) is 17.5 Å². The number of hydrogen-bond acceptors (Lipinski definition) is 4. The van der Waals surface area contributed by atoms with Gasteiger partial charge in [0.1, 0.15) is 0 Å². The molecule has 0 spiro atoms. The van der Waals surface area contributed by atoms with Crippen LogP contribution < -0.4 is 4.74 Å². The van der Waals surface area contributed by atoms with Crippen LogP contribution in [0.4, 0.5) is 4.39 Å². The van der Waals surface area contributed by atoms with Gasteiger partial charge in [-0.1, -0.05) is 6.07 Å². The summed E-state index contributed by atoms with van der Waals surface area (Å²) < 4.78 is 18.7. The summed E-state index contributed by atoms with van der Waals surface area (Å²) in [6.45, 7) is 3.71. The zero-order valence-electron chi connectivity index (χ0n) is 15.0. The molecule has 0 N–H and O–H groups in total. The standard InChI is InChI=1S/C20H24FN3O2/c1-26-19-4-2-17(14-18(19)21)15-23-10-12-24(13-11-23)20(25)5-3-16-6-8-22-9-7-16/h2,4,6-9,14H,3,5,10-13,15H2,1H3. The van der Waals surface area contributed by atoms with E-state index in [1.807, 2.05) is 23.1 Å². The molecule has 1 aromatic carbocycles. The minimum absolute atomic E-state index is 0.192. The summed E-state index contributed by atoms with van der Waals surface area (Å²) in [6.07, 6.45) is 4.77. The van der Waals surface area contributed by atoms with Crippen molar-refractivity contribution in [1.82, 2.24) is 14.8 Å². The molecule has 0 unspecified atom stereocenters. The van der Waals surface area contributed by atoms with Crippen molar-refractivity contribution in [1.29, 1.82) is 0 Å². The Balaban J connectivity index is 1.45. The molecule has 138 valence electrons. The Kier molecular flexibility index (Phi) is 6.17. The van der Waals surface area contributed by atoms with Crippen molar-refractivity contribution >= 4 is 5.91 Å². The molecule has 0 bridgehead atoms. The van der Waals surface area contributed by atoms with Crippen LogP contribution in [0.3, 0.4) is 0 Å². The number of benzene rings is 1. The maximum Gasteiger partial charge on any atom is 0.222 e. The molecule has 5 nitrogen and oxygen atoms in total. The zero-order chi connectivity index (χ0) is 18.4. The predicted octanol–water partition coefficient (Wildman–Crippen LogP) is 2.51. The van der Waals surface area contributed by atoms with Crippen molar-refractivity contribution in [3.05, 3.63) is 59.7 Å². The minimum Gasteiger partial charge on any atom is -0.494 e. The molecule has 1 amide bonds. The number of ether oxygens (including phenoxy) is 1. The molecule has 0 radical (unpaired) electrons. The number of carbonyl (C=O) groups excluding carboxylic acids is 1. The molecule has 26 heavy (non-hydrogen) atoms. The van der Waals surface area contributed by atoms with Crippen molar-refractivity contribution in [2.75, 3.05) is 33.3 Å². The van der Waals surface area contributed by atoms with Gasteiger partial charge in [-0.05, 0) is 41.8 Å². The van der Waals surface area contributed by atoms with Crippen molar-refractivity contribution in [3.63, 3.8) is 0 Å². The van der Waals surface area contributed by atoms with Crippen LogP contribution in [0.25, 0.3) is 0 Å². The Morgan fingerprint density at radius 2 is 1.85 bits per heavy atom. The van der Waals surface area contributed by atoms with Crippen LogP contribution in [-0.4, -0.2) is 54.0 Å². The molecule has 0 atom stereocenters. The van der Waals surface area contributed by atoms with E-state index >= 15 is 0 Å². The number of halogens is 1. The smallest absolute Gasteiger partial charge is 0.222 e. The summed E-state index contributed by atoms with van der Waals surface area (Å²) in [5.41, 5.74) is 2.05. The first-order valence-corrected chi connectivity index (χ1v) is 8.87. The van der Waals surface area contributed by atoms with Gasteiger partial charge >= 0.3 is 0 Å². The van der Waals surface area contributed by atoms with E-state index in [9.17, 15) is 9.18 Å². The molecule has 1 saturated heterocycles. The lowest BCUT2D eigenvalue weighted by molar-refractivity contribution is -0.133. The van der Waals surface area contributed by atoms with Gasteiger partial charge in [-0.3, -0.25) is 14.7 Å². The summed E-state index contributed by atoms with van der Waals surface area (Å²) in [4.78, 5) is 20.5. The van der Waals surface area contributed by atoms with Gasteiger partial charge in [0.05, 0.1) is 7.11 Å². The van der Waals surface area contributed by atoms with Crippen molar-refractivity contribution in [3.8, 4) is 5.75 Å². The SMILES string of the molecule is COc1ccc(CN2CCN(C(=O)CCc3ccncc3)CC2)cc1F. The van der Waals surface area contributed by atoms with Crippen LogP contribution >= 0.6 is 0 Å². The number of hydrogen-bond donors (Lipinski definition) is 0. The number of piperazine rings is 1.